The molecule has 8 nitrogen and oxygen atoms in total. The van der Waals surface area contributed by atoms with Crippen LogP contribution in [0.25, 0.3) is 33.5 Å². The number of hydrogen-bond acceptors (Lipinski definition) is 6. The number of para-hydroxylation sites is 1. The van der Waals surface area contributed by atoms with Gasteiger partial charge in [0.15, 0.2) is 18.1 Å². The number of nitrogens with zero attached hydrogens (tertiary/aromatic N) is 3. The normalized spacial score (nSPS) is 11.4. The Bertz CT molecular complexity index is 2110. The van der Waals surface area contributed by atoms with Gasteiger partial charge in [-0.1, -0.05) is 57.3 Å². The number of halogens is 4. The van der Waals surface area contributed by atoms with Crippen molar-refractivity contribution in [3.05, 3.63) is 121 Å². The van der Waals surface area contributed by atoms with Gasteiger partial charge in [0.05, 0.1) is 27.2 Å². The highest BCUT2D eigenvalue weighted by Gasteiger charge is 2.17. The summed E-state index contributed by atoms with van der Waals surface area (Å²) in [6.45, 7) is -0.418. The van der Waals surface area contributed by atoms with E-state index >= 15 is 0 Å². The first kappa shape index (κ1) is 28.6. The minimum atomic E-state index is -0.531. The third kappa shape index (κ3) is 6.17. The molecule has 0 unspecified atom stereocenters. The van der Waals surface area contributed by atoms with Gasteiger partial charge in [0, 0.05) is 15.5 Å². The Kier molecular flexibility index (Phi) is 7.98. The molecule has 43 heavy (non-hydrogen) atoms. The molecule has 1 amide bonds. The second kappa shape index (κ2) is 12.0. The van der Waals surface area contributed by atoms with Crippen LogP contribution in [-0.2, 0) is 4.79 Å². The highest BCUT2D eigenvalue weighted by atomic mass is 79.9. The van der Waals surface area contributed by atoms with E-state index in [4.69, 9.17) is 32.4 Å². The van der Waals surface area contributed by atoms with Gasteiger partial charge in [0.2, 0.25) is 5.82 Å². The number of anilines is 1. The molecule has 4 aromatic carbocycles. The van der Waals surface area contributed by atoms with Crippen molar-refractivity contribution in [1.82, 2.24) is 9.66 Å². The molecular weight excluding hydrogens is 662 g/mol. The maximum absolute atomic E-state index is 13.5. The second-order valence-electron chi connectivity index (χ2n) is 9.27. The monoisotopic (exact) mass is 678 g/mol. The Hall–Kier alpha value is -4.51. The van der Waals surface area contributed by atoms with E-state index in [1.165, 1.54) is 36.5 Å². The van der Waals surface area contributed by atoms with Crippen LogP contribution in [0.1, 0.15) is 5.56 Å². The summed E-state index contributed by atoms with van der Waals surface area (Å²) < 4.78 is 27.0. The molecule has 0 bridgehead atoms. The molecule has 0 fully saturated rings. The standard InChI is InChI=1S/C31H18BrCl2FN4O4/c32-19-8-9-26-18(12-19)13-27(43-26)30-38-25-7-2-1-6-22(25)31(41)39(30)36-15-17-10-23(33)29(24(34)11-17)42-16-28(40)37-21-5-3-4-20(35)14-21/h1-15H,16H2,(H,37,40). The minimum Gasteiger partial charge on any atom is -0.481 e. The fraction of sp³-hybridized carbons (Fsp3) is 0.0323. The molecular formula is C31H18BrCl2FN4O4. The molecule has 12 heteroatoms. The zero-order valence-electron chi connectivity index (χ0n) is 21.9. The molecule has 0 saturated heterocycles. The highest BCUT2D eigenvalue weighted by molar-refractivity contribution is 9.10. The summed E-state index contributed by atoms with van der Waals surface area (Å²) in [5, 5.41) is 8.37. The fourth-order valence-electron chi connectivity index (χ4n) is 4.33. The van der Waals surface area contributed by atoms with Crippen molar-refractivity contribution >= 4 is 78.8 Å². The van der Waals surface area contributed by atoms with Crippen molar-refractivity contribution in [3.63, 3.8) is 0 Å². The molecule has 2 aromatic heterocycles. The summed E-state index contributed by atoms with van der Waals surface area (Å²) in [6.07, 6.45) is 1.40. The van der Waals surface area contributed by atoms with Crippen LogP contribution in [0.4, 0.5) is 10.1 Å². The number of amides is 1. The first-order valence-electron chi connectivity index (χ1n) is 12.7. The molecule has 0 saturated carbocycles. The van der Waals surface area contributed by atoms with Crippen molar-refractivity contribution in [2.75, 3.05) is 11.9 Å². The van der Waals surface area contributed by atoms with Gasteiger partial charge in [0.25, 0.3) is 11.5 Å². The molecule has 0 aliphatic rings. The SMILES string of the molecule is O=C(COc1c(Cl)cc(C=Nn2c(-c3cc4cc(Br)ccc4o3)nc3ccccc3c2=O)cc1Cl)Nc1cccc(F)c1. The van der Waals surface area contributed by atoms with Crippen LogP contribution in [0.15, 0.2) is 104 Å². The number of fused-ring (bicyclic) bond motifs is 2. The van der Waals surface area contributed by atoms with Crippen molar-refractivity contribution in [1.29, 1.82) is 0 Å². The van der Waals surface area contributed by atoms with Gasteiger partial charge in [-0.3, -0.25) is 9.59 Å². The smallest absolute Gasteiger partial charge is 0.282 e. The molecule has 214 valence electrons. The molecule has 6 rings (SSSR count). The number of nitrogens with one attached hydrogen (secondary N) is 1. The van der Waals surface area contributed by atoms with Crippen LogP contribution in [0.5, 0.6) is 5.75 Å². The lowest BCUT2D eigenvalue weighted by Crippen LogP contribution is -2.20. The van der Waals surface area contributed by atoms with E-state index in [0.717, 1.165) is 14.5 Å². The largest absolute Gasteiger partial charge is 0.481 e. The Morgan fingerprint density at radius 2 is 1.84 bits per heavy atom. The molecule has 0 radical (unpaired) electrons. The quantitative estimate of drug-likeness (QED) is 0.173. The van der Waals surface area contributed by atoms with E-state index in [2.05, 4.69) is 31.3 Å². The first-order valence-corrected chi connectivity index (χ1v) is 14.2. The lowest BCUT2D eigenvalue weighted by atomic mass is 10.2. The van der Waals surface area contributed by atoms with Crippen LogP contribution < -0.4 is 15.6 Å². The topological polar surface area (TPSA) is 98.7 Å². The van der Waals surface area contributed by atoms with Crippen molar-refractivity contribution < 1.29 is 18.3 Å². The Morgan fingerprint density at radius 3 is 2.63 bits per heavy atom. The highest BCUT2D eigenvalue weighted by Crippen LogP contribution is 2.34. The van der Waals surface area contributed by atoms with Gasteiger partial charge in [-0.05, 0) is 72.3 Å². The van der Waals surface area contributed by atoms with E-state index < -0.39 is 23.9 Å². The Labute approximate surface area is 261 Å². The molecule has 0 aliphatic heterocycles. The summed E-state index contributed by atoms with van der Waals surface area (Å²) >= 11 is 16.3. The number of hydrogen-bond donors (Lipinski definition) is 1. The van der Waals surface area contributed by atoms with Gasteiger partial charge in [-0.2, -0.15) is 9.78 Å². The maximum atomic E-state index is 13.5. The van der Waals surface area contributed by atoms with E-state index in [-0.39, 0.29) is 27.3 Å². The average Bonchev–Trinajstić information content (AvgIpc) is 3.39. The van der Waals surface area contributed by atoms with Gasteiger partial charge >= 0.3 is 0 Å². The number of ether oxygens (including phenoxy) is 1. The number of carbonyl (C=O) groups is 1. The number of benzene rings is 4. The summed E-state index contributed by atoms with van der Waals surface area (Å²) in [4.78, 5) is 30.5. The summed E-state index contributed by atoms with van der Waals surface area (Å²) in [5.74, 6) is -0.384. The van der Waals surface area contributed by atoms with E-state index in [1.807, 2.05) is 18.2 Å². The van der Waals surface area contributed by atoms with Crippen molar-refractivity contribution in [2.45, 2.75) is 0 Å². The molecule has 0 aliphatic carbocycles. The molecule has 6 aromatic rings. The molecule has 2 heterocycles. The third-order valence-corrected chi connectivity index (χ3v) is 7.31. The van der Waals surface area contributed by atoms with Crippen LogP contribution in [0.2, 0.25) is 10.0 Å². The van der Waals surface area contributed by atoms with Crippen LogP contribution >= 0.6 is 39.1 Å². The zero-order chi connectivity index (χ0) is 30.1. The van der Waals surface area contributed by atoms with Crippen LogP contribution in [0, 0.1) is 5.82 Å². The number of rotatable bonds is 7. The second-order valence-corrected chi connectivity index (χ2v) is 11.0. The minimum absolute atomic E-state index is 0.0774. The summed E-state index contributed by atoms with van der Waals surface area (Å²) in [6, 6.07) is 22.8. The maximum Gasteiger partial charge on any atom is 0.282 e. The summed E-state index contributed by atoms with van der Waals surface area (Å²) in [7, 11) is 0. The predicted molar refractivity (Wildman–Crippen MR) is 169 cm³/mol. The van der Waals surface area contributed by atoms with E-state index in [9.17, 15) is 14.0 Å². The van der Waals surface area contributed by atoms with Gasteiger partial charge in [-0.15, -0.1) is 0 Å². The predicted octanol–water partition coefficient (Wildman–Crippen LogP) is 7.92. The first-order chi connectivity index (χ1) is 20.7. The number of furan rings is 1. The number of carbonyl (C=O) groups excluding carboxylic acids is 1. The van der Waals surface area contributed by atoms with Gasteiger partial charge in [0.1, 0.15) is 11.4 Å². The molecule has 0 spiro atoms. The fourth-order valence-corrected chi connectivity index (χ4v) is 5.32. The average molecular weight is 680 g/mol. The number of aromatic nitrogens is 2. The van der Waals surface area contributed by atoms with Crippen LogP contribution in [0.3, 0.4) is 0 Å². The molecule has 1 N–H and O–H groups in total. The molecule has 0 atom stereocenters. The Morgan fingerprint density at radius 1 is 1.05 bits per heavy atom. The van der Waals surface area contributed by atoms with Crippen molar-refractivity contribution in [3.8, 4) is 17.3 Å². The zero-order valence-corrected chi connectivity index (χ0v) is 25.0. The summed E-state index contributed by atoms with van der Waals surface area (Å²) in [5.41, 5.74) is 1.44. The van der Waals surface area contributed by atoms with E-state index in [1.54, 1.807) is 36.4 Å². The Balaban J connectivity index is 1.30. The van der Waals surface area contributed by atoms with Crippen LogP contribution in [-0.4, -0.2) is 28.4 Å². The van der Waals surface area contributed by atoms with Gasteiger partial charge < -0.3 is 14.5 Å². The lowest BCUT2D eigenvalue weighted by molar-refractivity contribution is -0.118. The van der Waals surface area contributed by atoms with E-state index in [0.29, 0.717) is 27.8 Å². The van der Waals surface area contributed by atoms with Gasteiger partial charge in [-0.25, -0.2) is 9.37 Å². The van der Waals surface area contributed by atoms with Crippen molar-refractivity contribution in [2.24, 2.45) is 5.10 Å². The lowest BCUT2D eigenvalue weighted by Gasteiger charge is -2.11. The third-order valence-electron chi connectivity index (χ3n) is 6.25.